The van der Waals surface area contributed by atoms with Gasteiger partial charge in [0.2, 0.25) is 0 Å². The predicted octanol–water partition coefficient (Wildman–Crippen LogP) is 2.77. The summed E-state index contributed by atoms with van der Waals surface area (Å²) in [5.74, 6) is -1.59. The van der Waals surface area contributed by atoms with E-state index >= 15 is 0 Å². The number of hydrogen-bond donors (Lipinski definition) is 2. The highest BCUT2D eigenvalue weighted by Gasteiger charge is 2.54. The molecule has 184 valence electrons. The van der Waals surface area contributed by atoms with Gasteiger partial charge in [0.05, 0.1) is 11.7 Å². The van der Waals surface area contributed by atoms with Crippen LogP contribution in [-0.4, -0.2) is 71.6 Å². The molecule has 1 fully saturated rings. The minimum Gasteiger partial charge on any atom is -0.478 e. The van der Waals surface area contributed by atoms with Crippen LogP contribution < -0.4 is 5.32 Å². The molecular weight excluding hydrogens is 434 g/mol. The highest BCUT2D eigenvalue weighted by molar-refractivity contribution is 5.96. The first-order valence-corrected chi connectivity index (χ1v) is 11.6. The van der Waals surface area contributed by atoms with Gasteiger partial charge >= 0.3 is 5.97 Å². The van der Waals surface area contributed by atoms with Gasteiger partial charge in [0, 0.05) is 24.4 Å². The van der Waals surface area contributed by atoms with Gasteiger partial charge in [0.15, 0.2) is 11.3 Å². The third-order valence-electron chi connectivity index (χ3n) is 7.02. The van der Waals surface area contributed by atoms with Crippen LogP contribution in [0.15, 0.2) is 48.8 Å². The number of nitrogens with one attached hydrogen (secondary N) is 1. The number of hydrogen-bond acceptors (Lipinski definition) is 5. The van der Waals surface area contributed by atoms with Crippen molar-refractivity contribution in [1.29, 1.82) is 0 Å². The van der Waals surface area contributed by atoms with Crippen molar-refractivity contribution in [3.63, 3.8) is 0 Å². The number of Topliss-reactive ketones (excluding diaryl/α,β-unsaturated/α-hetero) is 1. The lowest BCUT2D eigenvalue weighted by atomic mass is 9.65. The molecule has 8 heteroatoms. The van der Waals surface area contributed by atoms with Crippen molar-refractivity contribution in [2.75, 3.05) is 27.2 Å². The topological polar surface area (TPSA) is 101 Å². The monoisotopic (exact) mass is 469 g/mol. The first-order chi connectivity index (χ1) is 16.0. The Bertz CT molecular complexity index is 1030. The van der Waals surface area contributed by atoms with Crippen molar-refractivity contribution < 1.29 is 24.2 Å². The fourth-order valence-corrected chi connectivity index (χ4v) is 4.75. The van der Waals surface area contributed by atoms with Crippen molar-refractivity contribution in [2.24, 2.45) is 5.41 Å². The molecule has 1 aromatic carbocycles. The number of benzene rings is 1. The Morgan fingerprint density at radius 1 is 1.21 bits per heavy atom. The molecule has 1 aliphatic rings. The van der Waals surface area contributed by atoms with Crippen molar-refractivity contribution in [1.82, 2.24) is 14.8 Å². The number of carbonyl (C=O) groups is 3. The van der Waals surface area contributed by atoms with Crippen molar-refractivity contribution in [3.8, 4) is 0 Å². The van der Waals surface area contributed by atoms with E-state index in [-0.39, 0.29) is 23.9 Å². The molecule has 2 heterocycles. The van der Waals surface area contributed by atoms with Crippen LogP contribution >= 0.6 is 0 Å². The molecule has 2 aromatic rings. The number of rotatable bonds is 10. The van der Waals surface area contributed by atoms with Crippen LogP contribution in [0, 0.1) is 5.41 Å². The average Bonchev–Trinajstić information content (AvgIpc) is 3.41. The molecule has 34 heavy (non-hydrogen) atoms. The summed E-state index contributed by atoms with van der Waals surface area (Å²) in [6, 6.07) is 10.0. The highest BCUT2D eigenvalue weighted by Crippen LogP contribution is 2.46. The fraction of sp³-hybridized carbons (Fsp3) is 0.500. The number of carbonyl (C=O) groups excluding carboxylic acids is 2. The normalized spacial score (nSPS) is 20.4. The molecule has 0 bridgehead atoms. The average molecular weight is 470 g/mol. The van der Waals surface area contributed by atoms with E-state index in [9.17, 15) is 19.5 Å². The van der Waals surface area contributed by atoms with Gasteiger partial charge in [-0.3, -0.25) is 9.59 Å². The first kappa shape index (κ1) is 25.6. The summed E-state index contributed by atoms with van der Waals surface area (Å²) in [5, 5.41) is 12.6. The fourth-order valence-electron chi connectivity index (χ4n) is 4.75. The largest absolute Gasteiger partial charge is 0.478 e. The molecule has 3 unspecified atom stereocenters. The molecule has 0 radical (unpaired) electrons. The third kappa shape index (κ3) is 4.65. The van der Waals surface area contributed by atoms with Crippen LogP contribution in [0.25, 0.3) is 0 Å². The Labute approximate surface area is 200 Å². The van der Waals surface area contributed by atoms with Crippen LogP contribution in [0.3, 0.4) is 0 Å². The van der Waals surface area contributed by atoms with Gasteiger partial charge < -0.3 is 24.6 Å². The predicted molar refractivity (Wildman–Crippen MR) is 129 cm³/mol. The van der Waals surface area contributed by atoms with E-state index in [1.165, 1.54) is 12.3 Å². The molecule has 0 aliphatic carbocycles. The van der Waals surface area contributed by atoms with Crippen LogP contribution in [0.4, 0.5) is 0 Å². The number of ketones is 1. The zero-order chi connectivity index (χ0) is 25.1. The lowest BCUT2D eigenvalue weighted by molar-refractivity contribution is -0.136. The van der Waals surface area contributed by atoms with Gasteiger partial charge in [-0.2, -0.15) is 0 Å². The van der Waals surface area contributed by atoms with Gasteiger partial charge in [-0.25, -0.2) is 4.79 Å². The van der Waals surface area contributed by atoms with Gasteiger partial charge in [0.25, 0.3) is 5.91 Å². The van der Waals surface area contributed by atoms with E-state index in [0.717, 1.165) is 0 Å². The SMILES string of the molecule is CCC(C)(C)C(C(=O)NC1C(=O)COC1CCN(C)C)(c1ccccc1)n1ccc(C(=O)O)c1. The molecule has 1 aliphatic heterocycles. The molecular formula is C26H35N3O5. The summed E-state index contributed by atoms with van der Waals surface area (Å²) >= 11 is 0. The number of aromatic carboxylic acids is 1. The van der Waals surface area contributed by atoms with Crippen LogP contribution in [-0.2, 0) is 19.9 Å². The van der Waals surface area contributed by atoms with E-state index in [1.54, 1.807) is 10.8 Å². The Hall–Kier alpha value is -2.97. The molecule has 3 rings (SSSR count). The smallest absolute Gasteiger partial charge is 0.337 e. The number of carboxylic acids is 1. The molecule has 0 saturated carbocycles. The molecule has 0 spiro atoms. The zero-order valence-corrected chi connectivity index (χ0v) is 20.6. The summed E-state index contributed by atoms with van der Waals surface area (Å²) in [7, 11) is 3.89. The maximum atomic E-state index is 14.3. The lowest BCUT2D eigenvalue weighted by Gasteiger charge is -2.47. The second-order valence-electron chi connectivity index (χ2n) is 9.79. The zero-order valence-electron chi connectivity index (χ0n) is 20.6. The number of ether oxygens (including phenoxy) is 1. The summed E-state index contributed by atoms with van der Waals surface area (Å²) in [5.41, 5.74) is -1.15. The van der Waals surface area contributed by atoms with Crippen LogP contribution in [0.2, 0.25) is 0 Å². The molecule has 8 nitrogen and oxygen atoms in total. The number of nitrogens with zero attached hydrogens (tertiary/aromatic N) is 2. The third-order valence-corrected chi connectivity index (χ3v) is 7.02. The maximum Gasteiger partial charge on any atom is 0.337 e. The molecule has 3 atom stereocenters. The van der Waals surface area contributed by atoms with Crippen LogP contribution in [0.5, 0.6) is 0 Å². The molecule has 1 aromatic heterocycles. The minimum absolute atomic E-state index is 0.0365. The molecule has 2 N–H and O–H groups in total. The Morgan fingerprint density at radius 2 is 1.88 bits per heavy atom. The second kappa shape index (κ2) is 10.1. The van der Waals surface area contributed by atoms with E-state index in [1.807, 2.05) is 70.1 Å². The summed E-state index contributed by atoms with van der Waals surface area (Å²) < 4.78 is 7.41. The summed E-state index contributed by atoms with van der Waals surface area (Å²) in [6.45, 7) is 6.64. The Morgan fingerprint density at radius 3 is 2.44 bits per heavy atom. The van der Waals surface area contributed by atoms with E-state index < -0.39 is 29.1 Å². The summed E-state index contributed by atoms with van der Waals surface area (Å²) in [4.78, 5) is 40.8. The van der Waals surface area contributed by atoms with Crippen molar-refractivity contribution >= 4 is 17.7 Å². The van der Waals surface area contributed by atoms with Gasteiger partial charge in [-0.05, 0) is 38.6 Å². The van der Waals surface area contributed by atoms with Crippen molar-refractivity contribution in [2.45, 2.75) is 51.3 Å². The van der Waals surface area contributed by atoms with E-state index in [4.69, 9.17) is 4.74 Å². The first-order valence-electron chi connectivity index (χ1n) is 11.6. The minimum atomic E-state index is -1.30. The van der Waals surface area contributed by atoms with Crippen LogP contribution in [0.1, 0.15) is 49.5 Å². The quantitative estimate of drug-likeness (QED) is 0.555. The number of amides is 1. The van der Waals surface area contributed by atoms with Gasteiger partial charge in [-0.1, -0.05) is 51.1 Å². The number of carboxylic acid groups (broad SMARTS) is 1. The Kier molecular flexibility index (Phi) is 7.63. The summed E-state index contributed by atoms with van der Waals surface area (Å²) in [6.07, 6.45) is 3.92. The molecule has 1 amide bonds. The second-order valence-corrected chi connectivity index (χ2v) is 9.79. The standard InChI is InChI=1S/C26H35N3O5/c1-6-25(2,3)26(19-10-8-7-9-11-19,29-15-12-18(16-29)23(31)32)24(33)27-22-20(30)17-34-21(22)13-14-28(4)5/h7-12,15-16,21-22H,6,13-14,17H2,1-5H3,(H,27,33)(H,31,32). The lowest BCUT2D eigenvalue weighted by Crippen LogP contribution is -2.61. The number of aromatic nitrogens is 1. The molecule has 1 saturated heterocycles. The van der Waals surface area contributed by atoms with E-state index in [2.05, 4.69) is 5.32 Å². The maximum absolute atomic E-state index is 14.3. The van der Waals surface area contributed by atoms with Crippen molar-refractivity contribution in [3.05, 3.63) is 59.9 Å². The highest BCUT2D eigenvalue weighted by atomic mass is 16.5. The Balaban J connectivity index is 2.13. The van der Waals surface area contributed by atoms with Gasteiger partial charge in [0.1, 0.15) is 12.6 Å². The van der Waals surface area contributed by atoms with E-state index in [0.29, 0.717) is 24.9 Å². The van der Waals surface area contributed by atoms with Gasteiger partial charge in [-0.15, -0.1) is 0 Å².